The van der Waals surface area contributed by atoms with Gasteiger partial charge >= 0.3 is 0 Å². The van der Waals surface area contributed by atoms with Gasteiger partial charge in [-0.15, -0.1) is 11.8 Å². The lowest BCUT2D eigenvalue weighted by Crippen LogP contribution is -2.29. The van der Waals surface area contributed by atoms with E-state index in [4.69, 9.17) is 0 Å². The third-order valence-corrected chi connectivity index (χ3v) is 2.73. The summed E-state index contributed by atoms with van der Waals surface area (Å²) in [5.41, 5.74) is 1.80. The van der Waals surface area contributed by atoms with E-state index in [-0.39, 0.29) is 5.91 Å². The molecule has 0 unspecified atom stereocenters. The molecule has 3 heteroatoms. The van der Waals surface area contributed by atoms with Crippen molar-refractivity contribution in [1.29, 1.82) is 0 Å². The molecule has 0 bridgehead atoms. The molecular weight excluding hydrogens is 206 g/mol. The molecule has 15 heavy (non-hydrogen) atoms. The second kappa shape index (κ2) is 7.35. The second-order valence-corrected chi connectivity index (χ2v) is 3.90. The molecule has 1 aliphatic heterocycles. The molecule has 0 aromatic heterocycles. The maximum Gasteiger partial charge on any atom is 0.234 e. The Balaban J connectivity index is 0.000000921. The van der Waals surface area contributed by atoms with E-state index in [1.54, 1.807) is 0 Å². The summed E-state index contributed by atoms with van der Waals surface area (Å²) < 4.78 is 0. The van der Waals surface area contributed by atoms with Crippen LogP contribution in [0.4, 0.5) is 0 Å². The van der Waals surface area contributed by atoms with Crippen LogP contribution in [-0.2, 0) is 4.79 Å². The maximum absolute atomic E-state index is 11.0. The fourth-order valence-electron chi connectivity index (χ4n) is 0.909. The molecule has 1 heterocycles. The highest BCUT2D eigenvalue weighted by atomic mass is 32.2. The van der Waals surface area contributed by atoms with E-state index in [9.17, 15) is 4.79 Å². The van der Waals surface area contributed by atoms with E-state index in [0.717, 1.165) is 22.6 Å². The zero-order valence-electron chi connectivity index (χ0n) is 9.72. The molecule has 1 amide bonds. The number of carbonyl (C=O) groups excluding carboxylic acids is 1. The molecule has 1 rings (SSSR count). The highest BCUT2D eigenvalue weighted by Crippen LogP contribution is 2.25. The molecule has 0 spiro atoms. The van der Waals surface area contributed by atoms with Gasteiger partial charge in [-0.25, -0.2) is 0 Å². The molecule has 1 fully saturated rings. The zero-order chi connectivity index (χ0) is 11.8. The number of hydrogen-bond donors (Lipinski definition) is 1. The van der Waals surface area contributed by atoms with Gasteiger partial charge in [0.1, 0.15) is 0 Å². The lowest BCUT2D eigenvalue weighted by Gasteiger charge is -2.17. The van der Waals surface area contributed by atoms with Crippen LogP contribution in [0.1, 0.15) is 27.2 Å². The Labute approximate surface area is 96.5 Å². The van der Waals surface area contributed by atoms with Crippen molar-refractivity contribution in [3.8, 4) is 0 Å². The van der Waals surface area contributed by atoms with Crippen molar-refractivity contribution in [3.05, 3.63) is 35.4 Å². The first-order valence-corrected chi connectivity index (χ1v) is 6.13. The minimum atomic E-state index is 0.0348. The van der Waals surface area contributed by atoms with Crippen molar-refractivity contribution < 1.29 is 4.79 Å². The molecule has 0 atom stereocenters. The van der Waals surface area contributed by atoms with E-state index >= 15 is 0 Å². The van der Waals surface area contributed by atoms with Gasteiger partial charge in [0.15, 0.2) is 0 Å². The van der Waals surface area contributed by atoms with Gasteiger partial charge in [-0.3, -0.25) is 4.79 Å². The van der Waals surface area contributed by atoms with Crippen molar-refractivity contribution in [2.24, 2.45) is 0 Å². The van der Waals surface area contributed by atoms with Gasteiger partial charge in [0.25, 0.3) is 0 Å². The molecule has 1 saturated heterocycles. The monoisotopic (exact) mass is 225 g/mol. The summed E-state index contributed by atoms with van der Waals surface area (Å²) in [6.07, 6.45) is 2.77. The minimum absolute atomic E-state index is 0.0348. The van der Waals surface area contributed by atoms with E-state index in [1.807, 2.05) is 26.8 Å². The predicted molar refractivity (Wildman–Crippen MR) is 68.6 cm³/mol. The van der Waals surface area contributed by atoms with Gasteiger partial charge in [0.05, 0.1) is 11.4 Å². The molecular formula is C12H19NOS. The molecule has 1 aliphatic rings. The fourth-order valence-corrected chi connectivity index (χ4v) is 1.55. The number of rotatable bonds is 2. The Hall–Kier alpha value is -0.960. The third kappa shape index (κ3) is 4.88. The SMILES string of the molecule is C=C(/C=C1/NC(=O)CSC1=C)CC.CC. The van der Waals surface area contributed by atoms with Gasteiger partial charge in [-0.05, 0) is 12.5 Å². The van der Waals surface area contributed by atoms with Gasteiger partial charge in [0.2, 0.25) is 5.91 Å². The Morgan fingerprint density at radius 3 is 2.73 bits per heavy atom. The summed E-state index contributed by atoms with van der Waals surface area (Å²) in [4.78, 5) is 12.0. The van der Waals surface area contributed by atoms with Gasteiger partial charge in [-0.1, -0.05) is 39.5 Å². The van der Waals surface area contributed by atoms with E-state index in [0.29, 0.717) is 5.75 Å². The van der Waals surface area contributed by atoms with Crippen LogP contribution in [0.5, 0.6) is 0 Å². The normalized spacial score (nSPS) is 17.9. The average molecular weight is 225 g/mol. The van der Waals surface area contributed by atoms with Crippen LogP contribution in [0.3, 0.4) is 0 Å². The van der Waals surface area contributed by atoms with Crippen LogP contribution in [0.2, 0.25) is 0 Å². The Kier molecular flexibility index (Phi) is 6.88. The second-order valence-electron chi connectivity index (χ2n) is 2.83. The van der Waals surface area contributed by atoms with Crippen LogP contribution < -0.4 is 5.32 Å². The van der Waals surface area contributed by atoms with Crippen LogP contribution in [0.15, 0.2) is 35.4 Å². The van der Waals surface area contributed by atoms with E-state index in [1.165, 1.54) is 11.8 Å². The number of nitrogens with one attached hydrogen (secondary N) is 1. The summed E-state index contributed by atoms with van der Waals surface area (Å²) in [6, 6.07) is 0. The van der Waals surface area contributed by atoms with Crippen molar-refractivity contribution >= 4 is 17.7 Å². The molecule has 2 nitrogen and oxygen atoms in total. The molecule has 0 radical (unpaired) electrons. The molecule has 1 N–H and O–H groups in total. The molecule has 0 aromatic carbocycles. The smallest absolute Gasteiger partial charge is 0.234 e. The first-order chi connectivity index (χ1) is 7.13. The molecule has 84 valence electrons. The topological polar surface area (TPSA) is 29.1 Å². The average Bonchev–Trinajstić information content (AvgIpc) is 2.26. The van der Waals surface area contributed by atoms with E-state index in [2.05, 4.69) is 18.5 Å². The van der Waals surface area contributed by atoms with Crippen LogP contribution in [0.25, 0.3) is 0 Å². The fraction of sp³-hybridized carbons (Fsp3) is 0.417. The summed E-state index contributed by atoms with van der Waals surface area (Å²) >= 11 is 1.47. The Morgan fingerprint density at radius 1 is 1.60 bits per heavy atom. The van der Waals surface area contributed by atoms with Crippen molar-refractivity contribution in [1.82, 2.24) is 5.32 Å². The summed E-state index contributed by atoms with van der Waals surface area (Å²) in [6.45, 7) is 13.7. The third-order valence-electron chi connectivity index (χ3n) is 1.75. The largest absolute Gasteiger partial charge is 0.324 e. The first kappa shape index (κ1) is 14.0. The Morgan fingerprint density at radius 2 is 2.20 bits per heavy atom. The van der Waals surface area contributed by atoms with E-state index < -0.39 is 0 Å². The zero-order valence-corrected chi connectivity index (χ0v) is 10.5. The summed E-state index contributed by atoms with van der Waals surface area (Å²) in [7, 11) is 0. The molecule has 0 aromatic rings. The Bertz CT molecular complexity index is 292. The van der Waals surface area contributed by atoms with Crippen LogP contribution >= 0.6 is 11.8 Å². The quantitative estimate of drug-likeness (QED) is 0.781. The van der Waals surface area contributed by atoms with Crippen molar-refractivity contribution in [3.63, 3.8) is 0 Å². The number of thioether (sulfide) groups is 1. The highest BCUT2D eigenvalue weighted by molar-refractivity contribution is 8.04. The number of carbonyl (C=O) groups is 1. The number of amides is 1. The summed E-state index contributed by atoms with van der Waals surface area (Å²) in [5.74, 6) is 0.502. The van der Waals surface area contributed by atoms with Crippen LogP contribution in [-0.4, -0.2) is 11.7 Å². The predicted octanol–water partition coefficient (Wildman–Crippen LogP) is 3.24. The summed E-state index contributed by atoms with van der Waals surface area (Å²) in [5, 5.41) is 2.77. The van der Waals surface area contributed by atoms with Gasteiger partial charge in [0, 0.05) is 4.91 Å². The lowest BCUT2D eigenvalue weighted by atomic mass is 10.2. The van der Waals surface area contributed by atoms with Gasteiger partial charge < -0.3 is 5.32 Å². The number of hydrogen-bond acceptors (Lipinski definition) is 2. The standard InChI is InChI=1S/C10H13NOS.C2H6/c1-4-7(2)5-9-8(3)13-6-10(12)11-9;1-2/h5H,2-4,6H2,1H3,(H,11,12);1-2H3/b9-5+;. The minimum Gasteiger partial charge on any atom is -0.324 e. The molecule has 0 aliphatic carbocycles. The van der Waals surface area contributed by atoms with Crippen molar-refractivity contribution in [2.45, 2.75) is 27.2 Å². The molecule has 0 saturated carbocycles. The van der Waals surface area contributed by atoms with Gasteiger partial charge in [-0.2, -0.15) is 0 Å². The lowest BCUT2D eigenvalue weighted by molar-refractivity contribution is -0.117. The highest BCUT2D eigenvalue weighted by Gasteiger charge is 2.15. The maximum atomic E-state index is 11.0. The van der Waals surface area contributed by atoms with Crippen molar-refractivity contribution in [2.75, 3.05) is 5.75 Å². The number of allylic oxidation sites excluding steroid dienone is 2. The van der Waals surface area contributed by atoms with Crippen LogP contribution in [0, 0.1) is 0 Å². The first-order valence-electron chi connectivity index (χ1n) is 5.15.